The van der Waals surface area contributed by atoms with Crippen molar-refractivity contribution in [1.82, 2.24) is 10.6 Å². The Balaban J connectivity index is 2.03. The normalized spacial score (nSPS) is 37.1. The molecule has 1 saturated heterocycles. The number of piperidine rings is 1. The summed E-state index contributed by atoms with van der Waals surface area (Å²) in [5, 5.41) is 5.74. The molecule has 0 spiro atoms. The molecule has 4 atom stereocenters. The van der Waals surface area contributed by atoms with Crippen molar-refractivity contribution < 1.29 is 9.59 Å². The van der Waals surface area contributed by atoms with Gasteiger partial charge in [0.2, 0.25) is 11.8 Å². The van der Waals surface area contributed by atoms with E-state index in [1.807, 2.05) is 0 Å². The first-order chi connectivity index (χ1) is 9.34. The lowest BCUT2D eigenvalue weighted by atomic mass is 9.61. The highest BCUT2D eigenvalue weighted by Gasteiger charge is 2.45. The van der Waals surface area contributed by atoms with Gasteiger partial charge in [-0.3, -0.25) is 9.59 Å². The summed E-state index contributed by atoms with van der Waals surface area (Å²) in [6.07, 6.45) is 3.34. The number of amides is 2. The highest BCUT2D eigenvalue weighted by molar-refractivity contribution is 5.89. The molecule has 1 saturated carbocycles. The lowest BCUT2D eigenvalue weighted by Crippen LogP contribution is -2.56. The molecule has 1 aliphatic heterocycles. The zero-order valence-electron chi connectivity index (χ0n) is 12.7. The summed E-state index contributed by atoms with van der Waals surface area (Å²) < 4.78 is 0. The molecule has 114 valence electrons. The summed E-state index contributed by atoms with van der Waals surface area (Å²) in [7, 11) is 0. The maximum absolute atomic E-state index is 12.5. The molecule has 5 heteroatoms. The molecule has 2 fully saturated rings. The van der Waals surface area contributed by atoms with Crippen LogP contribution in [0.3, 0.4) is 0 Å². The quantitative estimate of drug-likeness (QED) is 0.699. The summed E-state index contributed by atoms with van der Waals surface area (Å²) in [6.45, 7) is 7.06. The number of nitrogens with one attached hydrogen (secondary N) is 2. The summed E-state index contributed by atoms with van der Waals surface area (Å²) in [6, 6.07) is -0.204. The Labute approximate surface area is 121 Å². The summed E-state index contributed by atoms with van der Waals surface area (Å²) in [5.41, 5.74) is 5.99. The highest BCUT2D eigenvalue weighted by Crippen LogP contribution is 2.44. The molecule has 2 rings (SSSR count). The van der Waals surface area contributed by atoms with Crippen LogP contribution in [0.25, 0.3) is 0 Å². The third kappa shape index (κ3) is 2.82. The number of rotatable bonds is 2. The smallest absolute Gasteiger partial charge is 0.242 e. The molecular weight excluding hydrogens is 254 g/mol. The van der Waals surface area contributed by atoms with Crippen LogP contribution in [0.2, 0.25) is 0 Å². The average Bonchev–Trinajstić information content (AvgIpc) is 2.38. The molecule has 5 nitrogen and oxygen atoms in total. The molecule has 4 unspecified atom stereocenters. The maximum Gasteiger partial charge on any atom is 0.242 e. The molecule has 0 aromatic heterocycles. The van der Waals surface area contributed by atoms with Crippen LogP contribution in [-0.2, 0) is 9.59 Å². The van der Waals surface area contributed by atoms with E-state index in [-0.39, 0.29) is 35.2 Å². The van der Waals surface area contributed by atoms with E-state index in [9.17, 15) is 9.59 Å². The van der Waals surface area contributed by atoms with E-state index in [2.05, 4.69) is 31.4 Å². The van der Waals surface area contributed by atoms with Gasteiger partial charge in [0.25, 0.3) is 0 Å². The lowest BCUT2D eigenvalue weighted by Gasteiger charge is -2.46. The van der Waals surface area contributed by atoms with E-state index >= 15 is 0 Å². The number of hydrogen-bond acceptors (Lipinski definition) is 3. The second-order valence-electron chi connectivity index (χ2n) is 6.90. The van der Waals surface area contributed by atoms with Crippen molar-refractivity contribution in [3.8, 4) is 0 Å². The predicted octanol–water partition coefficient (Wildman–Crippen LogP) is 0.781. The van der Waals surface area contributed by atoms with E-state index in [1.54, 1.807) is 0 Å². The summed E-state index contributed by atoms with van der Waals surface area (Å²) in [4.78, 5) is 24.3. The molecule has 0 aromatic carbocycles. The van der Waals surface area contributed by atoms with Gasteiger partial charge in [0, 0.05) is 18.5 Å². The summed E-state index contributed by atoms with van der Waals surface area (Å²) >= 11 is 0. The Morgan fingerprint density at radius 3 is 2.70 bits per heavy atom. The highest BCUT2D eigenvalue weighted by atomic mass is 16.2. The first kappa shape index (κ1) is 15.3. The Hall–Kier alpha value is -1.10. The first-order valence-corrected chi connectivity index (χ1v) is 7.67. The molecular formula is C15H27N3O2. The van der Waals surface area contributed by atoms with Crippen LogP contribution in [-0.4, -0.2) is 30.4 Å². The number of nitrogens with two attached hydrogens (primary N) is 1. The zero-order valence-corrected chi connectivity index (χ0v) is 12.7. The number of hydrogen-bond donors (Lipinski definition) is 3. The summed E-state index contributed by atoms with van der Waals surface area (Å²) in [5.74, 6) is 0.193. The van der Waals surface area contributed by atoms with Gasteiger partial charge in [-0.05, 0) is 37.0 Å². The Bertz CT molecular complexity index is 395. The second kappa shape index (κ2) is 5.72. The zero-order chi connectivity index (χ0) is 14.9. The molecule has 0 aromatic rings. The minimum atomic E-state index is -0.363. The van der Waals surface area contributed by atoms with Crippen molar-refractivity contribution >= 4 is 11.8 Å². The Kier molecular flexibility index (Phi) is 4.37. The minimum Gasteiger partial charge on any atom is -0.354 e. The van der Waals surface area contributed by atoms with Gasteiger partial charge < -0.3 is 16.4 Å². The van der Waals surface area contributed by atoms with Gasteiger partial charge in [0.1, 0.15) is 6.04 Å². The van der Waals surface area contributed by atoms with E-state index < -0.39 is 0 Å². The third-order valence-electron chi connectivity index (χ3n) is 5.42. The molecule has 2 aliphatic rings. The van der Waals surface area contributed by atoms with Gasteiger partial charge >= 0.3 is 0 Å². The van der Waals surface area contributed by atoms with Gasteiger partial charge in [-0.25, -0.2) is 0 Å². The van der Waals surface area contributed by atoms with Gasteiger partial charge in [-0.1, -0.05) is 20.8 Å². The Morgan fingerprint density at radius 1 is 1.35 bits per heavy atom. The van der Waals surface area contributed by atoms with Crippen LogP contribution in [0.1, 0.15) is 46.5 Å². The van der Waals surface area contributed by atoms with Gasteiger partial charge in [-0.2, -0.15) is 0 Å². The van der Waals surface area contributed by atoms with Gasteiger partial charge in [-0.15, -0.1) is 0 Å². The molecule has 4 N–H and O–H groups in total. The van der Waals surface area contributed by atoms with Crippen LogP contribution in [0.5, 0.6) is 0 Å². The SMILES string of the molecule is CC1C(N)CCC(C(=O)NC2CCCNC2=O)C1(C)C. The van der Waals surface area contributed by atoms with Crippen molar-refractivity contribution in [1.29, 1.82) is 0 Å². The maximum atomic E-state index is 12.5. The topological polar surface area (TPSA) is 84.2 Å². The van der Waals surface area contributed by atoms with Crippen molar-refractivity contribution in [2.45, 2.75) is 58.5 Å². The van der Waals surface area contributed by atoms with Crippen molar-refractivity contribution in [3.63, 3.8) is 0 Å². The average molecular weight is 281 g/mol. The molecule has 1 heterocycles. The Morgan fingerprint density at radius 2 is 2.05 bits per heavy atom. The molecule has 0 bridgehead atoms. The molecule has 1 aliphatic carbocycles. The first-order valence-electron chi connectivity index (χ1n) is 7.67. The largest absolute Gasteiger partial charge is 0.354 e. The van der Waals surface area contributed by atoms with Crippen LogP contribution < -0.4 is 16.4 Å². The standard InChI is InChI=1S/C15H27N3O2/c1-9-11(16)7-6-10(15(9,2)3)13(19)18-12-5-4-8-17-14(12)20/h9-12H,4-8,16H2,1-3H3,(H,17,20)(H,18,19). The molecule has 20 heavy (non-hydrogen) atoms. The van der Waals surface area contributed by atoms with Crippen LogP contribution in [0, 0.1) is 17.3 Å². The van der Waals surface area contributed by atoms with E-state index in [0.717, 1.165) is 25.7 Å². The van der Waals surface area contributed by atoms with E-state index in [0.29, 0.717) is 12.5 Å². The number of carbonyl (C=O) groups is 2. The monoisotopic (exact) mass is 281 g/mol. The molecule has 2 amide bonds. The van der Waals surface area contributed by atoms with Crippen LogP contribution >= 0.6 is 0 Å². The second-order valence-corrected chi connectivity index (χ2v) is 6.90. The van der Waals surface area contributed by atoms with Crippen molar-refractivity contribution in [2.24, 2.45) is 23.0 Å². The van der Waals surface area contributed by atoms with Crippen molar-refractivity contribution in [3.05, 3.63) is 0 Å². The fraction of sp³-hybridized carbons (Fsp3) is 0.867. The number of carbonyl (C=O) groups excluding carboxylic acids is 2. The molecule has 0 radical (unpaired) electrons. The lowest BCUT2D eigenvalue weighted by molar-refractivity contribution is -0.137. The van der Waals surface area contributed by atoms with Crippen molar-refractivity contribution in [2.75, 3.05) is 6.54 Å². The third-order valence-corrected chi connectivity index (χ3v) is 5.42. The van der Waals surface area contributed by atoms with E-state index in [4.69, 9.17) is 5.73 Å². The van der Waals surface area contributed by atoms with Gasteiger partial charge in [0.05, 0.1) is 0 Å². The minimum absolute atomic E-state index is 0.0100. The van der Waals surface area contributed by atoms with Crippen LogP contribution in [0.4, 0.5) is 0 Å². The fourth-order valence-electron chi connectivity index (χ4n) is 3.50. The fourth-order valence-corrected chi connectivity index (χ4v) is 3.50. The van der Waals surface area contributed by atoms with Gasteiger partial charge in [0.15, 0.2) is 0 Å². The van der Waals surface area contributed by atoms with E-state index in [1.165, 1.54) is 0 Å². The van der Waals surface area contributed by atoms with Crippen LogP contribution in [0.15, 0.2) is 0 Å². The predicted molar refractivity (Wildman–Crippen MR) is 77.8 cm³/mol.